The Morgan fingerprint density at radius 3 is 2.69 bits per heavy atom. The predicted octanol–water partition coefficient (Wildman–Crippen LogP) is 0.835. The van der Waals surface area contributed by atoms with Crippen LogP contribution in [0.25, 0.3) is 0 Å². The van der Waals surface area contributed by atoms with Gasteiger partial charge in [-0.05, 0) is 26.2 Å². The molecule has 1 aliphatic rings. The molecule has 1 unspecified atom stereocenters. The van der Waals surface area contributed by atoms with Gasteiger partial charge >= 0.3 is 0 Å². The molecule has 13 heavy (non-hydrogen) atoms. The zero-order valence-electron chi connectivity index (χ0n) is 8.83. The molecular formula is C10H22N2O. The molecule has 3 heteroatoms. The van der Waals surface area contributed by atoms with Crippen molar-refractivity contribution in [3.05, 3.63) is 0 Å². The predicted molar refractivity (Wildman–Crippen MR) is 54.7 cm³/mol. The van der Waals surface area contributed by atoms with Gasteiger partial charge in [-0.1, -0.05) is 0 Å². The molecule has 0 aromatic heterocycles. The van der Waals surface area contributed by atoms with E-state index in [1.807, 2.05) is 0 Å². The molecule has 0 aromatic carbocycles. The minimum atomic E-state index is 0.621. The van der Waals surface area contributed by atoms with E-state index in [1.54, 1.807) is 7.11 Å². The first-order valence-electron chi connectivity index (χ1n) is 5.24. The first kappa shape index (κ1) is 11.0. The highest BCUT2D eigenvalue weighted by Gasteiger charge is 2.31. The monoisotopic (exact) mass is 186 g/mol. The molecule has 0 bridgehead atoms. The molecule has 1 fully saturated rings. The van der Waals surface area contributed by atoms with Crippen LogP contribution in [0, 0.1) is 0 Å². The Balaban J connectivity index is 2.25. The van der Waals surface area contributed by atoms with Crippen LogP contribution in [0.15, 0.2) is 0 Å². The van der Waals surface area contributed by atoms with Crippen molar-refractivity contribution in [2.45, 2.75) is 38.3 Å². The summed E-state index contributed by atoms with van der Waals surface area (Å²) in [5.74, 6) is 0. The van der Waals surface area contributed by atoms with Gasteiger partial charge < -0.3 is 10.5 Å². The number of methoxy groups -OCH3 is 1. The topological polar surface area (TPSA) is 38.5 Å². The van der Waals surface area contributed by atoms with Gasteiger partial charge in [0.2, 0.25) is 0 Å². The molecule has 0 amide bonds. The third-order valence-corrected chi connectivity index (χ3v) is 2.71. The van der Waals surface area contributed by atoms with E-state index in [0.29, 0.717) is 6.04 Å². The van der Waals surface area contributed by atoms with Gasteiger partial charge in [0.1, 0.15) is 0 Å². The minimum Gasteiger partial charge on any atom is -0.385 e. The van der Waals surface area contributed by atoms with Crippen LogP contribution < -0.4 is 5.73 Å². The van der Waals surface area contributed by atoms with E-state index in [1.165, 1.54) is 12.8 Å². The molecule has 2 N–H and O–H groups in total. The van der Waals surface area contributed by atoms with Crippen molar-refractivity contribution >= 4 is 0 Å². The standard InChI is InChI=1S/C10H22N2O/c1-9(5-8-13-2)12(7-6-11)10-3-4-10/h9-10H,3-8,11H2,1-2H3. The summed E-state index contributed by atoms with van der Waals surface area (Å²) in [7, 11) is 1.76. The second-order valence-corrected chi connectivity index (χ2v) is 3.89. The molecule has 0 aliphatic heterocycles. The van der Waals surface area contributed by atoms with Gasteiger partial charge in [-0.2, -0.15) is 0 Å². The highest BCUT2D eigenvalue weighted by molar-refractivity contribution is 4.87. The van der Waals surface area contributed by atoms with Crippen molar-refractivity contribution in [2.75, 3.05) is 26.8 Å². The second-order valence-electron chi connectivity index (χ2n) is 3.89. The van der Waals surface area contributed by atoms with E-state index in [9.17, 15) is 0 Å². The summed E-state index contributed by atoms with van der Waals surface area (Å²) in [6, 6.07) is 1.44. The van der Waals surface area contributed by atoms with Crippen LogP contribution >= 0.6 is 0 Å². The quantitative estimate of drug-likeness (QED) is 0.640. The van der Waals surface area contributed by atoms with E-state index >= 15 is 0 Å². The lowest BCUT2D eigenvalue weighted by Crippen LogP contribution is -2.39. The van der Waals surface area contributed by atoms with Crippen LogP contribution in [0.1, 0.15) is 26.2 Å². The van der Waals surface area contributed by atoms with E-state index in [-0.39, 0.29) is 0 Å². The molecule has 0 aromatic rings. The van der Waals surface area contributed by atoms with Gasteiger partial charge in [-0.15, -0.1) is 0 Å². The van der Waals surface area contributed by atoms with Crippen molar-refractivity contribution in [1.29, 1.82) is 0 Å². The number of nitrogens with zero attached hydrogens (tertiary/aromatic N) is 1. The maximum Gasteiger partial charge on any atom is 0.0477 e. The molecule has 1 rings (SSSR count). The Labute approximate surface area is 81.2 Å². The first-order chi connectivity index (χ1) is 6.29. The maximum absolute atomic E-state index is 5.59. The smallest absolute Gasteiger partial charge is 0.0477 e. The lowest BCUT2D eigenvalue weighted by Gasteiger charge is -2.28. The summed E-state index contributed by atoms with van der Waals surface area (Å²) >= 11 is 0. The van der Waals surface area contributed by atoms with Gasteiger partial charge in [-0.3, -0.25) is 4.90 Å². The van der Waals surface area contributed by atoms with Crippen molar-refractivity contribution in [1.82, 2.24) is 4.90 Å². The highest BCUT2D eigenvalue weighted by Crippen LogP contribution is 2.28. The van der Waals surface area contributed by atoms with Gasteiger partial charge in [-0.25, -0.2) is 0 Å². The number of ether oxygens (including phenoxy) is 1. The average Bonchev–Trinajstić information content (AvgIpc) is 2.93. The summed E-state index contributed by atoms with van der Waals surface area (Å²) in [6.07, 6.45) is 3.83. The van der Waals surface area contributed by atoms with E-state index in [2.05, 4.69) is 11.8 Å². The lowest BCUT2D eigenvalue weighted by molar-refractivity contribution is 0.135. The molecular weight excluding hydrogens is 164 g/mol. The van der Waals surface area contributed by atoms with Crippen LogP contribution in [-0.4, -0.2) is 43.8 Å². The molecule has 1 saturated carbocycles. The fourth-order valence-corrected chi connectivity index (χ4v) is 1.77. The molecule has 1 aliphatic carbocycles. The Kier molecular flexibility index (Phi) is 4.70. The van der Waals surface area contributed by atoms with Gasteiger partial charge in [0.25, 0.3) is 0 Å². The summed E-state index contributed by atoms with van der Waals surface area (Å²) in [6.45, 7) is 4.94. The van der Waals surface area contributed by atoms with Crippen molar-refractivity contribution in [2.24, 2.45) is 5.73 Å². The van der Waals surface area contributed by atoms with Crippen LogP contribution in [0.2, 0.25) is 0 Å². The number of rotatable bonds is 7. The van der Waals surface area contributed by atoms with E-state index in [4.69, 9.17) is 10.5 Å². The molecule has 0 saturated heterocycles. The van der Waals surface area contributed by atoms with Crippen LogP contribution in [0.5, 0.6) is 0 Å². The Morgan fingerprint density at radius 1 is 1.54 bits per heavy atom. The van der Waals surface area contributed by atoms with Crippen molar-refractivity contribution < 1.29 is 4.74 Å². The molecule has 1 atom stereocenters. The molecule has 3 nitrogen and oxygen atoms in total. The number of hydrogen-bond donors (Lipinski definition) is 1. The Morgan fingerprint density at radius 2 is 2.23 bits per heavy atom. The molecule has 0 heterocycles. The summed E-state index contributed by atoms with van der Waals surface area (Å²) < 4.78 is 5.08. The zero-order valence-corrected chi connectivity index (χ0v) is 8.83. The third kappa shape index (κ3) is 3.63. The van der Waals surface area contributed by atoms with Crippen LogP contribution in [-0.2, 0) is 4.74 Å². The summed E-state index contributed by atoms with van der Waals surface area (Å²) in [5.41, 5.74) is 5.59. The van der Waals surface area contributed by atoms with Gasteiger partial charge in [0.05, 0.1) is 0 Å². The third-order valence-electron chi connectivity index (χ3n) is 2.71. The first-order valence-corrected chi connectivity index (χ1v) is 5.24. The molecule has 0 radical (unpaired) electrons. The van der Waals surface area contributed by atoms with Crippen molar-refractivity contribution in [3.63, 3.8) is 0 Å². The fourth-order valence-electron chi connectivity index (χ4n) is 1.77. The largest absolute Gasteiger partial charge is 0.385 e. The Bertz CT molecular complexity index is 137. The van der Waals surface area contributed by atoms with Gasteiger partial charge in [0.15, 0.2) is 0 Å². The van der Waals surface area contributed by atoms with Crippen molar-refractivity contribution in [3.8, 4) is 0 Å². The normalized spacial score (nSPS) is 19.4. The Hall–Kier alpha value is -0.120. The van der Waals surface area contributed by atoms with E-state index in [0.717, 1.165) is 32.2 Å². The maximum atomic E-state index is 5.59. The molecule has 78 valence electrons. The molecule has 0 spiro atoms. The van der Waals surface area contributed by atoms with Crippen LogP contribution in [0.3, 0.4) is 0 Å². The zero-order chi connectivity index (χ0) is 9.68. The van der Waals surface area contributed by atoms with Crippen LogP contribution in [0.4, 0.5) is 0 Å². The van der Waals surface area contributed by atoms with Gasteiger partial charge in [0, 0.05) is 38.9 Å². The lowest BCUT2D eigenvalue weighted by atomic mass is 10.2. The summed E-state index contributed by atoms with van der Waals surface area (Å²) in [5, 5.41) is 0. The SMILES string of the molecule is COCCC(C)N(CCN)C1CC1. The highest BCUT2D eigenvalue weighted by atomic mass is 16.5. The second kappa shape index (κ2) is 5.58. The minimum absolute atomic E-state index is 0.621. The van der Waals surface area contributed by atoms with E-state index < -0.39 is 0 Å². The number of hydrogen-bond acceptors (Lipinski definition) is 3. The average molecular weight is 186 g/mol. The number of nitrogens with two attached hydrogens (primary N) is 1. The fraction of sp³-hybridized carbons (Fsp3) is 1.00. The summed E-state index contributed by atoms with van der Waals surface area (Å²) in [4.78, 5) is 2.53.